The number of halogens is 1. The van der Waals surface area contributed by atoms with E-state index in [2.05, 4.69) is 18.3 Å². The van der Waals surface area contributed by atoms with Crippen molar-refractivity contribution in [3.8, 4) is 10.6 Å². The van der Waals surface area contributed by atoms with Gasteiger partial charge in [-0.25, -0.2) is 9.78 Å². The largest absolute Gasteiger partial charge is 0.477 e. The van der Waals surface area contributed by atoms with Crippen LogP contribution in [0.3, 0.4) is 0 Å². The fourth-order valence-corrected chi connectivity index (χ4v) is 5.01. The molecule has 28 heavy (non-hydrogen) atoms. The van der Waals surface area contributed by atoms with Crippen molar-refractivity contribution in [2.24, 2.45) is 0 Å². The van der Waals surface area contributed by atoms with E-state index in [4.69, 9.17) is 4.98 Å². The molecule has 4 heterocycles. The molecule has 2 aliphatic rings. The highest BCUT2D eigenvalue weighted by atomic mass is 35.5. The van der Waals surface area contributed by atoms with Crippen LogP contribution in [0.25, 0.3) is 21.6 Å². The Morgan fingerprint density at radius 1 is 1.36 bits per heavy atom. The molecule has 1 aliphatic carbocycles. The first-order chi connectivity index (χ1) is 13.0. The normalized spacial score (nSPS) is 18.5. The number of nitrogens with zero attached hydrogens (tertiary/aromatic N) is 2. The van der Waals surface area contributed by atoms with E-state index in [0.29, 0.717) is 17.0 Å². The Balaban J connectivity index is 0.00000192. The molecule has 0 radical (unpaired) electrons. The second-order valence-electron chi connectivity index (χ2n) is 7.40. The highest BCUT2D eigenvalue weighted by molar-refractivity contribution is 7.15. The van der Waals surface area contributed by atoms with Crippen LogP contribution >= 0.6 is 23.7 Å². The highest BCUT2D eigenvalue weighted by Gasteiger charge is 2.28. The van der Waals surface area contributed by atoms with Gasteiger partial charge in [0.2, 0.25) is 5.43 Å². The number of carboxylic acid groups (broad SMARTS) is 1. The third kappa shape index (κ3) is 3.03. The smallest absolute Gasteiger partial charge is 0.341 e. The van der Waals surface area contributed by atoms with Gasteiger partial charge in [0.25, 0.3) is 0 Å². The van der Waals surface area contributed by atoms with E-state index < -0.39 is 11.4 Å². The van der Waals surface area contributed by atoms with Crippen molar-refractivity contribution in [1.82, 2.24) is 14.9 Å². The number of rotatable bonds is 3. The van der Waals surface area contributed by atoms with Crippen LogP contribution in [0.5, 0.6) is 0 Å². The zero-order valence-corrected chi connectivity index (χ0v) is 16.9. The van der Waals surface area contributed by atoms with Crippen molar-refractivity contribution in [3.63, 3.8) is 0 Å². The van der Waals surface area contributed by atoms with E-state index in [1.165, 1.54) is 16.6 Å². The third-order valence-electron chi connectivity index (χ3n) is 5.41. The standard InChI is InChI=1S/C20H19N3O3S.ClH/c1-10-7-21-8-17-13(10)6-16(27-17)15-5-4-12-18(24)14(20(25)26)9-23(11-2-3-11)19(12)22-15;/h4-6,9-11,21H,2-3,7-8H2,1H3,(H,25,26);1H. The Morgan fingerprint density at radius 3 is 2.82 bits per heavy atom. The van der Waals surface area contributed by atoms with Crippen molar-refractivity contribution < 1.29 is 9.90 Å². The number of hydrogen-bond donors (Lipinski definition) is 2. The molecule has 3 aromatic heterocycles. The Hall–Kier alpha value is -2.22. The van der Waals surface area contributed by atoms with E-state index in [1.54, 1.807) is 17.4 Å². The van der Waals surface area contributed by atoms with E-state index >= 15 is 0 Å². The summed E-state index contributed by atoms with van der Waals surface area (Å²) in [7, 11) is 0. The van der Waals surface area contributed by atoms with Gasteiger partial charge >= 0.3 is 5.97 Å². The molecular formula is C20H20ClN3O3S. The summed E-state index contributed by atoms with van der Waals surface area (Å²) in [5, 5.41) is 13.2. The van der Waals surface area contributed by atoms with Gasteiger partial charge in [0, 0.05) is 30.2 Å². The number of carbonyl (C=O) groups is 1. The van der Waals surface area contributed by atoms with Crippen molar-refractivity contribution in [3.05, 3.63) is 50.6 Å². The molecule has 1 atom stereocenters. The van der Waals surface area contributed by atoms with Gasteiger partial charge in [-0.3, -0.25) is 4.79 Å². The molecule has 5 rings (SSSR count). The Kier molecular flexibility index (Phi) is 4.77. The molecule has 1 saturated carbocycles. The van der Waals surface area contributed by atoms with Crippen LogP contribution in [-0.2, 0) is 6.54 Å². The van der Waals surface area contributed by atoms with E-state index in [9.17, 15) is 14.7 Å². The average Bonchev–Trinajstić information content (AvgIpc) is 3.39. The minimum absolute atomic E-state index is 0. The lowest BCUT2D eigenvalue weighted by Gasteiger charge is -2.19. The van der Waals surface area contributed by atoms with Crippen LogP contribution in [0.15, 0.2) is 29.2 Å². The van der Waals surface area contributed by atoms with Gasteiger partial charge in [-0.2, -0.15) is 0 Å². The summed E-state index contributed by atoms with van der Waals surface area (Å²) < 4.78 is 1.88. The molecule has 0 aromatic carbocycles. The minimum atomic E-state index is -1.19. The van der Waals surface area contributed by atoms with Gasteiger partial charge in [-0.15, -0.1) is 23.7 Å². The average molecular weight is 418 g/mol. The number of fused-ring (bicyclic) bond motifs is 2. The van der Waals surface area contributed by atoms with Crippen LogP contribution in [0.2, 0.25) is 0 Å². The molecule has 0 bridgehead atoms. The van der Waals surface area contributed by atoms with E-state index in [-0.39, 0.29) is 24.0 Å². The number of aromatic nitrogens is 2. The molecule has 1 aliphatic heterocycles. The van der Waals surface area contributed by atoms with Crippen molar-refractivity contribution in [2.75, 3.05) is 6.54 Å². The highest BCUT2D eigenvalue weighted by Crippen LogP contribution is 2.39. The molecule has 0 amide bonds. The molecule has 146 valence electrons. The fourth-order valence-electron chi connectivity index (χ4n) is 3.78. The minimum Gasteiger partial charge on any atom is -0.477 e. The SMILES string of the molecule is CC1CNCc2sc(-c3ccc4c(=O)c(C(=O)O)cn(C5CC5)c4n3)cc21.Cl. The molecule has 1 unspecified atom stereocenters. The maximum Gasteiger partial charge on any atom is 0.341 e. The van der Waals surface area contributed by atoms with Gasteiger partial charge in [-0.05, 0) is 42.5 Å². The number of carboxylic acids is 1. The second-order valence-corrected chi connectivity index (χ2v) is 8.54. The fraction of sp³-hybridized carbons (Fsp3) is 0.350. The first-order valence-electron chi connectivity index (χ1n) is 9.16. The van der Waals surface area contributed by atoms with Crippen molar-refractivity contribution in [2.45, 2.75) is 38.3 Å². The van der Waals surface area contributed by atoms with Gasteiger partial charge in [0.15, 0.2) is 0 Å². The van der Waals surface area contributed by atoms with Crippen LogP contribution in [0, 0.1) is 0 Å². The zero-order chi connectivity index (χ0) is 18.7. The number of nitrogens with one attached hydrogen (secondary N) is 1. The van der Waals surface area contributed by atoms with E-state index in [0.717, 1.165) is 36.5 Å². The number of pyridine rings is 2. The summed E-state index contributed by atoms with van der Waals surface area (Å²) >= 11 is 1.74. The van der Waals surface area contributed by atoms with Crippen LogP contribution in [0.4, 0.5) is 0 Å². The number of hydrogen-bond acceptors (Lipinski definition) is 5. The Bertz CT molecular complexity index is 1150. The first-order valence-corrected chi connectivity index (χ1v) is 9.97. The predicted octanol–water partition coefficient (Wildman–Crippen LogP) is 3.79. The molecule has 3 aromatic rings. The Morgan fingerprint density at radius 2 is 2.14 bits per heavy atom. The lowest BCUT2D eigenvalue weighted by atomic mass is 9.98. The summed E-state index contributed by atoms with van der Waals surface area (Å²) in [6.45, 7) is 4.08. The molecule has 0 spiro atoms. The molecule has 8 heteroatoms. The maximum atomic E-state index is 12.6. The third-order valence-corrected chi connectivity index (χ3v) is 6.58. The predicted molar refractivity (Wildman–Crippen MR) is 112 cm³/mol. The molecule has 2 N–H and O–H groups in total. The lowest BCUT2D eigenvalue weighted by Crippen LogP contribution is -2.24. The summed E-state index contributed by atoms with van der Waals surface area (Å²) in [5.74, 6) is -0.713. The van der Waals surface area contributed by atoms with Crippen molar-refractivity contribution in [1.29, 1.82) is 0 Å². The number of aromatic carboxylic acids is 1. The van der Waals surface area contributed by atoms with Crippen molar-refractivity contribution >= 4 is 40.7 Å². The molecule has 0 saturated heterocycles. The topological polar surface area (TPSA) is 84.2 Å². The van der Waals surface area contributed by atoms with Crippen LogP contribution in [0.1, 0.15) is 52.5 Å². The monoisotopic (exact) mass is 417 g/mol. The summed E-state index contributed by atoms with van der Waals surface area (Å²) in [4.78, 5) is 31.3. The quantitative estimate of drug-likeness (QED) is 0.677. The molecule has 6 nitrogen and oxygen atoms in total. The molecule has 1 fully saturated rings. The van der Waals surface area contributed by atoms with Gasteiger partial charge in [0.1, 0.15) is 11.2 Å². The maximum absolute atomic E-state index is 12.6. The summed E-state index contributed by atoms with van der Waals surface area (Å²) in [6.07, 6.45) is 3.44. The lowest BCUT2D eigenvalue weighted by molar-refractivity contribution is 0.0695. The Labute approximate surface area is 171 Å². The first kappa shape index (κ1) is 19.1. The number of thiophene rings is 1. The second kappa shape index (κ2) is 6.99. The molecular weight excluding hydrogens is 398 g/mol. The van der Waals surface area contributed by atoms with Crippen LogP contribution in [-0.4, -0.2) is 27.2 Å². The summed E-state index contributed by atoms with van der Waals surface area (Å²) in [6, 6.07) is 6.01. The van der Waals surface area contributed by atoms with E-state index in [1.807, 2.05) is 10.6 Å². The van der Waals surface area contributed by atoms with Gasteiger partial charge < -0.3 is 15.0 Å². The van der Waals surface area contributed by atoms with Gasteiger partial charge in [0.05, 0.1) is 16.0 Å². The zero-order valence-electron chi connectivity index (χ0n) is 15.3. The van der Waals surface area contributed by atoms with Gasteiger partial charge in [-0.1, -0.05) is 6.92 Å². The van der Waals surface area contributed by atoms with Crippen LogP contribution < -0.4 is 10.7 Å². The summed E-state index contributed by atoms with van der Waals surface area (Å²) in [5.41, 5.74) is 2.15.